The average Bonchev–Trinajstić information content (AvgIpc) is 2.61. The number of aryl methyl sites for hydroxylation is 3. The number of rotatable bonds is 5. The van der Waals surface area contributed by atoms with Gasteiger partial charge in [-0.15, -0.1) is 0 Å². The number of amides is 1. The lowest BCUT2D eigenvalue weighted by Crippen LogP contribution is -2.28. The van der Waals surface area contributed by atoms with Crippen molar-refractivity contribution in [3.8, 4) is 6.07 Å². The van der Waals surface area contributed by atoms with Crippen molar-refractivity contribution in [2.75, 3.05) is 13.6 Å². The molecule has 0 aliphatic heterocycles. The maximum Gasteiger partial charge on any atom is 0.224 e. The van der Waals surface area contributed by atoms with Crippen molar-refractivity contribution < 1.29 is 4.79 Å². The van der Waals surface area contributed by atoms with Gasteiger partial charge < -0.3 is 4.90 Å². The lowest BCUT2D eigenvalue weighted by atomic mass is 10.3. The second-order valence-corrected chi connectivity index (χ2v) is 4.12. The van der Waals surface area contributed by atoms with Gasteiger partial charge in [0.1, 0.15) is 0 Å². The van der Waals surface area contributed by atoms with Crippen LogP contribution in [-0.2, 0) is 11.3 Å². The minimum atomic E-state index is 0.0489. The molecule has 0 saturated heterocycles. The summed E-state index contributed by atoms with van der Waals surface area (Å²) in [5.41, 5.74) is 2.03. The second-order valence-electron chi connectivity index (χ2n) is 4.12. The van der Waals surface area contributed by atoms with Crippen LogP contribution >= 0.6 is 0 Å². The molecule has 0 saturated carbocycles. The Labute approximate surface area is 102 Å². The molecule has 0 N–H and O–H groups in total. The Bertz CT molecular complexity index is 430. The van der Waals surface area contributed by atoms with Crippen LogP contribution in [0.1, 0.15) is 24.2 Å². The molecule has 1 amide bonds. The van der Waals surface area contributed by atoms with E-state index in [2.05, 4.69) is 5.10 Å². The van der Waals surface area contributed by atoms with Crippen LogP contribution in [0.15, 0.2) is 6.07 Å². The highest BCUT2D eigenvalue weighted by molar-refractivity contribution is 5.75. The molecule has 92 valence electrons. The molecule has 0 aliphatic rings. The minimum absolute atomic E-state index is 0.0489. The Morgan fingerprint density at radius 3 is 2.82 bits per heavy atom. The highest BCUT2D eigenvalue weighted by Crippen LogP contribution is 2.03. The first-order valence-electron chi connectivity index (χ1n) is 5.66. The van der Waals surface area contributed by atoms with Crippen molar-refractivity contribution in [2.45, 2.75) is 33.2 Å². The fourth-order valence-electron chi connectivity index (χ4n) is 1.64. The van der Waals surface area contributed by atoms with Gasteiger partial charge in [-0.25, -0.2) is 0 Å². The summed E-state index contributed by atoms with van der Waals surface area (Å²) < 4.78 is 1.84. The van der Waals surface area contributed by atoms with Crippen LogP contribution in [0.2, 0.25) is 0 Å². The Balaban J connectivity index is 2.43. The summed E-state index contributed by atoms with van der Waals surface area (Å²) in [5, 5.41) is 12.7. The lowest BCUT2D eigenvalue weighted by molar-refractivity contribution is -0.130. The molecule has 0 radical (unpaired) electrons. The fourth-order valence-corrected chi connectivity index (χ4v) is 1.64. The van der Waals surface area contributed by atoms with Gasteiger partial charge >= 0.3 is 0 Å². The van der Waals surface area contributed by atoms with Crippen LogP contribution in [0.25, 0.3) is 0 Å². The highest BCUT2D eigenvalue weighted by atomic mass is 16.2. The molecule has 1 aromatic heterocycles. The van der Waals surface area contributed by atoms with E-state index < -0.39 is 0 Å². The van der Waals surface area contributed by atoms with Crippen LogP contribution in [0, 0.1) is 25.2 Å². The van der Waals surface area contributed by atoms with Crippen LogP contribution < -0.4 is 0 Å². The van der Waals surface area contributed by atoms with Gasteiger partial charge in [0.05, 0.1) is 18.2 Å². The molecule has 5 heteroatoms. The Morgan fingerprint density at radius 2 is 2.29 bits per heavy atom. The molecule has 17 heavy (non-hydrogen) atoms. The van der Waals surface area contributed by atoms with Crippen molar-refractivity contribution in [1.82, 2.24) is 14.7 Å². The summed E-state index contributed by atoms with van der Waals surface area (Å²) in [6.07, 6.45) is 0.798. The SMILES string of the molecule is Cc1cc(C)n(CCC(=O)N(C)CCC#N)n1. The van der Waals surface area contributed by atoms with Gasteiger partial charge in [0.25, 0.3) is 0 Å². The van der Waals surface area contributed by atoms with Crippen LogP contribution in [0.3, 0.4) is 0 Å². The molecular weight excluding hydrogens is 216 g/mol. The first-order valence-corrected chi connectivity index (χ1v) is 5.66. The van der Waals surface area contributed by atoms with E-state index in [9.17, 15) is 4.79 Å². The lowest BCUT2D eigenvalue weighted by Gasteiger charge is -2.15. The fraction of sp³-hybridized carbons (Fsp3) is 0.583. The Hall–Kier alpha value is -1.83. The third-order valence-corrected chi connectivity index (χ3v) is 2.63. The number of aromatic nitrogens is 2. The van der Waals surface area contributed by atoms with Gasteiger partial charge in [0, 0.05) is 32.3 Å². The Morgan fingerprint density at radius 1 is 1.59 bits per heavy atom. The van der Waals surface area contributed by atoms with E-state index in [1.54, 1.807) is 11.9 Å². The Kier molecular flexibility index (Phi) is 4.70. The topological polar surface area (TPSA) is 61.9 Å². The third kappa shape index (κ3) is 3.91. The predicted octanol–water partition coefficient (Wildman–Crippen LogP) is 1.26. The minimum Gasteiger partial charge on any atom is -0.345 e. The monoisotopic (exact) mass is 234 g/mol. The molecule has 5 nitrogen and oxygen atoms in total. The molecule has 1 rings (SSSR count). The van der Waals surface area contributed by atoms with E-state index in [-0.39, 0.29) is 5.91 Å². The normalized spacial score (nSPS) is 10.0. The molecule has 0 atom stereocenters. The molecule has 0 unspecified atom stereocenters. The predicted molar refractivity (Wildman–Crippen MR) is 64.2 cm³/mol. The summed E-state index contributed by atoms with van der Waals surface area (Å²) in [6, 6.07) is 4.02. The van der Waals surface area contributed by atoms with Gasteiger partial charge in [-0.1, -0.05) is 0 Å². The molecule has 1 aromatic rings. The van der Waals surface area contributed by atoms with E-state index >= 15 is 0 Å². The molecule has 0 spiro atoms. The van der Waals surface area contributed by atoms with E-state index in [0.29, 0.717) is 25.9 Å². The number of nitriles is 1. The summed E-state index contributed by atoms with van der Waals surface area (Å²) >= 11 is 0. The summed E-state index contributed by atoms with van der Waals surface area (Å²) in [5.74, 6) is 0.0489. The van der Waals surface area contributed by atoms with E-state index in [4.69, 9.17) is 5.26 Å². The highest BCUT2D eigenvalue weighted by Gasteiger charge is 2.09. The zero-order chi connectivity index (χ0) is 12.8. The van der Waals surface area contributed by atoms with Gasteiger partial charge in [0.2, 0.25) is 5.91 Å². The first kappa shape index (κ1) is 13.2. The second kappa shape index (κ2) is 6.04. The van der Waals surface area contributed by atoms with Crippen molar-refractivity contribution in [3.63, 3.8) is 0 Å². The van der Waals surface area contributed by atoms with Crippen LogP contribution in [-0.4, -0.2) is 34.2 Å². The maximum atomic E-state index is 11.7. The average molecular weight is 234 g/mol. The van der Waals surface area contributed by atoms with Gasteiger partial charge in [-0.05, 0) is 19.9 Å². The molecular formula is C12H18N4O. The van der Waals surface area contributed by atoms with Gasteiger partial charge in [-0.2, -0.15) is 10.4 Å². The number of hydrogen-bond acceptors (Lipinski definition) is 3. The first-order chi connectivity index (χ1) is 8.04. The van der Waals surface area contributed by atoms with Crippen molar-refractivity contribution in [2.24, 2.45) is 0 Å². The number of nitrogens with zero attached hydrogens (tertiary/aromatic N) is 4. The standard InChI is InChI=1S/C12H18N4O/c1-10-9-11(2)16(14-10)8-5-12(17)15(3)7-4-6-13/h9H,4-5,7-8H2,1-3H3. The molecule has 1 heterocycles. The zero-order valence-corrected chi connectivity index (χ0v) is 10.6. The maximum absolute atomic E-state index is 11.7. The molecule has 0 bridgehead atoms. The van der Waals surface area contributed by atoms with Gasteiger partial charge in [-0.3, -0.25) is 9.48 Å². The zero-order valence-electron chi connectivity index (χ0n) is 10.6. The smallest absolute Gasteiger partial charge is 0.224 e. The van der Waals surface area contributed by atoms with Crippen molar-refractivity contribution >= 4 is 5.91 Å². The van der Waals surface area contributed by atoms with Crippen molar-refractivity contribution in [1.29, 1.82) is 5.26 Å². The molecule has 0 aliphatic carbocycles. The number of carbonyl (C=O) groups is 1. The summed E-state index contributed by atoms with van der Waals surface area (Å²) in [4.78, 5) is 13.3. The van der Waals surface area contributed by atoms with Crippen molar-refractivity contribution in [3.05, 3.63) is 17.5 Å². The van der Waals surface area contributed by atoms with E-state index in [1.807, 2.05) is 30.7 Å². The molecule has 0 aromatic carbocycles. The van der Waals surface area contributed by atoms with Crippen LogP contribution in [0.4, 0.5) is 0 Å². The summed E-state index contributed by atoms with van der Waals surface area (Å²) in [6.45, 7) is 5.00. The molecule has 0 fully saturated rings. The number of carbonyl (C=O) groups excluding carboxylic acids is 1. The van der Waals surface area contributed by atoms with E-state index in [0.717, 1.165) is 11.4 Å². The summed E-state index contributed by atoms with van der Waals surface area (Å²) in [7, 11) is 1.72. The third-order valence-electron chi connectivity index (χ3n) is 2.63. The van der Waals surface area contributed by atoms with E-state index in [1.165, 1.54) is 0 Å². The van der Waals surface area contributed by atoms with Crippen LogP contribution in [0.5, 0.6) is 0 Å². The largest absolute Gasteiger partial charge is 0.345 e. The van der Waals surface area contributed by atoms with Gasteiger partial charge in [0.15, 0.2) is 0 Å². The quantitative estimate of drug-likeness (QED) is 0.770. The number of hydrogen-bond donors (Lipinski definition) is 0.